The van der Waals surface area contributed by atoms with E-state index in [1.54, 1.807) is 12.3 Å². The van der Waals surface area contributed by atoms with Gasteiger partial charge in [0.05, 0.1) is 43.4 Å². The van der Waals surface area contributed by atoms with E-state index in [-0.39, 0.29) is 22.9 Å². The first-order valence-corrected chi connectivity index (χ1v) is 11.8. The predicted molar refractivity (Wildman–Crippen MR) is 126 cm³/mol. The second-order valence-corrected chi connectivity index (χ2v) is 9.29. The van der Waals surface area contributed by atoms with Crippen molar-refractivity contribution in [3.05, 3.63) is 68.1 Å². The van der Waals surface area contributed by atoms with Crippen molar-refractivity contribution < 1.29 is 9.13 Å². The Morgan fingerprint density at radius 1 is 1.32 bits per heavy atom. The molecular formula is C23H27ClFN7O2. The van der Waals surface area contributed by atoms with Gasteiger partial charge in [0.15, 0.2) is 0 Å². The first kappa shape index (κ1) is 22.9. The molecule has 1 aromatic carbocycles. The van der Waals surface area contributed by atoms with Crippen LogP contribution in [0.4, 0.5) is 10.1 Å². The summed E-state index contributed by atoms with van der Waals surface area (Å²) in [5.41, 5.74) is 4.00. The molecule has 0 aliphatic carbocycles. The summed E-state index contributed by atoms with van der Waals surface area (Å²) in [5.74, 6) is -0.243. The number of aromatic amines is 1. The zero-order valence-electron chi connectivity index (χ0n) is 19.2. The highest BCUT2D eigenvalue weighted by molar-refractivity contribution is 6.33. The number of nitrogens with zero attached hydrogens (tertiary/aromatic N) is 6. The van der Waals surface area contributed by atoms with Crippen molar-refractivity contribution in [2.24, 2.45) is 0 Å². The number of morpholine rings is 1. The first-order valence-electron chi connectivity index (χ1n) is 11.4. The van der Waals surface area contributed by atoms with Crippen LogP contribution in [0.2, 0.25) is 5.02 Å². The van der Waals surface area contributed by atoms with Gasteiger partial charge in [-0.25, -0.2) is 14.2 Å². The molecule has 1 saturated heterocycles. The number of hydrogen-bond acceptors (Lipinski definition) is 7. The SMILES string of the molecule is C[C@@H]1Cc2c(nnn2[C@H](C)c2ccc(F)cc2CN2CCOCC2)CN1c1cn[nH]c(=O)c1Cl. The zero-order chi connectivity index (χ0) is 23.8. The minimum absolute atomic E-state index is 0.0547. The number of aromatic nitrogens is 5. The van der Waals surface area contributed by atoms with Crippen molar-refractivity contribution in [2.75, 3.05) is 31.2 Å². The van der Waals surface area contributed by atoms with Crippen molar-refractivity contribution in [2.45, 2.75) is 45.4 Å². The second kappa shape index (κ2) is 9.44. The van der Waals surface area contributed by atoms with E-state index in [0.717, 1.165) is 35.6 Å². The minimum Gasteiger partial charge on any atom is -0.379 e. The molecule has 2 aliphatic heterocycles. The summed E-state index contributed by atoms with van der Waals surface area (Å²) >= 11 is 6.26. The molecule has 34 heavy (non-hydrogen) atoms. The van der Waals surface area contributed by atoms with Crippen LogP contribution in [0.25, 0.3) is 0 Å². The second-order valence-electron chi connectivity index (χ2n) is 8.91. The molecule has 0 amide bonds. The molecule has 2 aliphatic rings. The lowest BCUT2D eigenvalue weighted by atomic mass is 9.98. The number of halogens is 2. The lowest BCUT2D eigenvalue weighted by Crippen LogP contribution is -2.40. The third-order valence-corrected chi connectivity index (χ3v) is 7.08. The Kier molecular flexibility index (Phi) is 6.37. The molecule has 5 rings (SSSR count). The van der Waals surface area contributed by atoms with E-state index >= 15 is 0 Å². The number of nitrogens with one attached hydrogen (secondary N) is 1. The fourth-order valence-corrected chi connectivity index (χ4v) is 5.05. The Hall–Kier alpha value is -2.82. The topological polar surface area (TPSA) is 92.2 Å². The third kappa shape index (κ3) is 4.33. The quantitative estimate of drug-likeness (QED) is 0.591. The monoisotopic (exact) mass is 487 g/mol. The number of hydrogen-bond donors (Lipinski definition) is 1. The molecule has 2 aromatic heterocycles. The van der Waals surface area contributed by atoms with Crippen LogP contribution >= 0.6 is 11.6 Å². The summed E-state index contributed by atoms with van der Waals surface area (Å²) in [5, 5.41) is 15.3. The summed E-state index contributed by atoms with van der Waals surface area (Å²) in [6.07, 6.45) is 2.24. The smallest absolute Gasteiger partial charge is 0.285 e. The maximum absolute atomic E-state index is 14.2. The molecule has 4 heterocycles. The van der Waals surface area contributed by atoms with Crippen LogP contribution in [0, 0.1) is 5.82 Å². The molecule has 1 N–H and O–H groups in total. The van der Waals surface area contributed by atoms with E-state index in [1.165, 1.54) is 6.07 Å². The molecule has 1 fully saturated rings. The van der Waals surface area contributed by atoms with E-state index in [4.69, 9.17) is 16.3 Å². The summed E-state index contributed by atoms with van der Waals surface area (Å²) in [6, 6.07) is 4.92. The fraction of sp³-hybridized carbons (Fsp3) is 0.478. The standard InChI is InChI=1S/C23H27ClFN7O2/c1-14-9-20-19(13-31(14)21-11-26-28-23(33)22(21)24)27-29-32(20)15(2)18-4-3-17(25)10-16(18)12-30-5-7-34-8-6-30/h3-4,10-11,14-15H,5-9,12-13H2,1-2H3,(H,28,33)/t14-,15-/m1/s1. The highest BCUT2D eigenvalue weighted by Gasteiger charge is 2.31. The van der Waals surface area contributed by atoms with Gasteiger partial charge < -0.3 is 9.64 Å². The molecular weight excluding hydrogens is 461 g/mol. The van der Waals surface area contributed by atoms with Crippen LogP contribution in [0.15, 0.2) is 29.2 Å². The third-order valence-electron chi connectivity index (χ3n) is 6.72. The van der Waals surface area contributed by atoms with Crippen molar-refractivity contribution >= 4 is 17.3 Å². The lowest BCUT2D eigenvalue weighted by molar-refractivity contribution is 0.0340. The first-order chi connectivity index (χ1) is 16.4. The van der Waals surface area contributed by atoms with Gasteiger partial charge in [0, 0.05) is 32.1 Å². The fourth-order valence-electron chi connectivity index (χ4n) is 4.85. The Morgan fingerprint density at radius 3 is 2.91 bits per heavy atom. The maximum atomic E-state index is 14.2. The number of anilines is 1. The van der Waals surface area contributed by atoms with Crippen LogP contribution in [0.5, 0.6) is 0 Å². The lowest BCUT2D eigenvalue weighted by Gasteiger charge is -2.35. The summed E-state index contributed by atoms with van der Waals surface area (Å²) in [7, 11) is 0. The molecule has 0 unspecified atom stereocenters. The Morgan fingerprint density at radius 2 is 2.12 bits per heavy atom. The van der Waals surface area contributed by atoms with Crippen LogP contribution in [-0.4, -0.2) is 62.4 Å². The van der Waals surface area contributed by atoms with Crippen LogP contribution in [-0.2, 0) is 24.2 Å². The summed E-state index contributed by atoms with van der Waals surface area (Å²) in [6.45, 7) is 8.32. The van der Waals surface area contributed by atoms with E-state index in [1.807, 2.05) is 15.6 Å². The number of benzene rings is 1. The molecule has 180 valence electrons. The van der Waals surface area contributed by atoms with Crippen LogP contribution in [0.3, 0.4) is 0 Å². The molecule has 9 nitrogen and oxygen atoms in total. The van der Waals surface area contributed by atoms with Gasteiger partial charge in [0.1, 0.15) is 16.5 Å². The number of fused-ring (bicyclic) bond motifs is 1. The number of H-pyrrole nitrogens is 1. The van der Waals surface area contributed by atoms with Gasteiger partial charge in [0.25, 0.3) is 5.56 Å². The van der Waals surface area contributed by atoms with E-state index in [9.17, 15) is 9.18 Å². The molecule has 11 heteroatoms. The largest absolute Gasteiger partial charge is 0.379 e. The van der Waals surface area contributed by atoms with Gasteiger partial charge in [-0.3, -0.25) is 9.69 Å². The Labute approximate surface area is 201 Å². The number of rotatable bonds is 5. The Balaban J connectivity index is 1.43. The molecule has 0 radical (unpaired) electrons. The van der Waals surface area contributed by atoms with Gasteiger partial charge >= 0.3 is 0 Å². The Bertz CT molecular complexity index is 1240. The molecule has 3 aromatic rings. The minimum atomic E-state index is -0.418. The molecule has 0 spiro atoms. The average Bonchev–Trinajstić information content (AvgIpc) is 3.23. The zero-order valence-corrected chi connectivity index (χ0v) is 19.9. The molecule has 0 bridgehead atoms. The summed E-state index contributed by atoms with van der Waals surface area (Å²) in [4.78, 5) is 16.2. The maximum Gasteiger partial charge on any atom is 0.285 e. The van der Waals surface area contributed by atoms with Crippen molar-refractivity contribution in [1.82, 2.24) is 30.1 Å². The number of ether oxygens (including phenoxy) is 1. The van der Waals surface area contributed by atoms with Crippen molar-refractivity contribution in [3.8, 4) is 0 Å². The van der Waals surface area contributed by atoms with Crippen molar-refractivity contribution in [1.29, 1.82) is 0 Å². The van der Waals surface area contributed by atoms with E-state index < -0.39 is 5.56 Å². The highest BCUT2D eigenvalue weighted by Crippen LogP contribution is 2.32. The van der Waals surface area contributed by atoms with Crippen LogP contribution < -0.4 is 10.5 Å². The van der Waals surface area contributed by atoms with Crippen LogP contribution in [0.1, 0.15) is 42.4 Å². The van der Waals surface area contributed by atoms with E-state index in [2.05, 4.69) is 39.3 Å². The van der Waals surface area contributed by atoms with E-state index in [0.29, 0.717) is 38.4 Å². The predicted octanol–water partition coefficient (Wildman–Crippen LogP) is 2.55. The highest BCUT2D eigenvalue weighted by atomic mass is 35.5. The molecule has 2 atom stereocenters. The molecule has 0 saturated carbocycles. The summed E-state index contributed by atoms with van der Waals surface area (Å²) < 4.78 is 21.6. The van der Waals surface area contributed by atoms with Gasteiger partial charge in [0.2, 0.25) is 0 Å². The van der Waals surface area contributed by atoms with Gasteiger partial charge in [-0.15, -0.1) is 5.10 Å². The van der Waals surface area contributed by atoms with Gasteiger partial charge in [-0.2, -0.15) is 5.10 Å². The van der Waals surface area contributed by atoms with Gasteiger partial charge in [-0.1, -0.05) is 22.9 Å². The average molecular weight is 488 g/mol. The van der Waals surface area contributed by atoms with Crippen molar-refractivity contribution in [3.63, 3.8) is 0 Å². The van der Waals surface area contributed by atoms with Gasteiger partial charge in [-0.05, 0) is 37.1 Å². The normalized spacial score (nSPS) is 19.8.